The van der Waals surface area contributed by atoms with Crippen molar-refractivity contribution in [3.05, 3.63) is 138 Å². The largest absolute Gasteiger partial charge is 0.309 e. The first kappa shape index (κ1) is 24.5. The van der Waals surface area contributed by atoms with Crippen molar-refractivity contribution < 1.29 is 9.13 Å². The van der Waals surface area contributed by atoms with Gasteiger partial charge in [0, 0.05) is 26.5 Å². The van der Waals surface area contributed by atoms with E-state index in [0.717, 1.165) is 55.8 Å². The summed E-state index contributed by atoms with van der Waals surface area (Å²) in [4.78, 5) is 0. The van der Waals surface area contributed by atoms with Gasteiger partial charge in [0.25, 0.3) is 0 Å². The Morgan fingerprint density at radius 1 is 0.528 bits per heavy atom. The van der Waals surface area contributed by atoms with Gasteiger partial charge in [0.05, 0.1) is 0 Å². The third kappa shape index (κ3) is 4.41. The fourth-order valence-electron chi connectivity index (χ4n) is 4.80. The third-order valence-electron chi connectivity index (χ3n) is 6.89. The maximum atomic E-state index is 14.8. The summed E-state index contributed by atoms with van der Waals surface area (Å²) in [6.07, 6.45) is 7.80. The minimum Gasteiger partial charge on any atom is -0.309 e. The predicted octanol–water partition coefficient (Wildman–Crippen LogP) is 6.49. The second-order valence-corrected chi connectivity index (χ2v) is 15.0. The Balaban J connectivity index is 1.65. The fourth-order valence-corrected chi connectivity index (χ4v) is 10.3. The molecule has 5 rings (SSSR count). The van der Waals surface area contributed by atoms with Gasteiger partial charge >= 0.3 is 0 Å². The quantitative estimate of drug-likeness (QED) is 0.279. The maximum absolute atomic E-state index is 14.8. The highest BCUT2D eigenvalue weighted by atomic mass is 31.2. The van der Waals surface area contributed by atoms with Gasteiger partial charge < -0.3 is 9.13 Å². The lowest BCUT2D eigenvalue weighted by Gasteiger charge is -2.25. The van der Waals surface area contributed by atoms with Crippen LogP contribution in [-0.2, 0) is 9.13 Å². The van der Waals surface area contributed by atoms with Crippen LogP contribution in [0.4, 0.5) is 0 Å². The van der Waals surface area contributed by atoms with Gasteiger partial charge in [-0.15, -0.1) is 0 Å². The summed E-state index contributed by atoms with van der Waals surface area (Å²) in [5.74, 6) is 0. The summed E-state index contributed by atoms with van der Waals surface area (Å²) >= 11 is 0. The SMILES string of the molecule is Cc1ccc(P(=O)(C2=CC=CCC2)c2ccc(P(=O)(c3ccccc3)c3ccc(C)cc3)cc2)cc1. The molecule has 0 radical (unpaired) electrons. The second-order valence-electron chi connectivity index (χ2n) is 9.37. The average Bonchev–Trinajstić information content (AvgIpc) is 2.94. The van der Waals surface area contributed by atoms with E-state index in [9.17, 15) is 9.13 Å². The molecule has 2 unspecified atom stereocenters. The number of hydrogen-bond acceptors (Lipinski definition) is 2. The second kappa shape index (κ2) is 10.1. The van der Waals surface area contributed by atoms with E-state index in [1.54, 1.807) is 0 Å². The van der Waals surface area contributed by atoms with E-state index in [1.807, 2.05) is 129 Å². The van der Waals surface area contributed by atoms with Crippen LogP contribution in [0.25, 0.3) is 0 Å². The number of hydrogen-bond donors (Lipinski definition) is 0. The number of allylic oxidation sites excluding steroid dienone is 4. The molecule has 180 valence electrons. The van der Waals surface area contributed by atoms with E-state index in [-0.39, 0.29) is 0 Å². The van der Waals surface area contributed by atoms with Crippen LogP contribution >= 0.6 is 14.3 Å². The predicted molar refractivity (Wildman–Crippen MR) is 155 cm³/mol. The standard InChI is InChI=1S/C32H30O2P2/c1-25-13-17-29(18-14-25)35(33,27-9-5-3-6-10-27)31-21-23-32(24-22-31)36(34,28-11-7-4-8-12-28)30-19-15-26(2)16-20-30/h3-7,9-11,13-24H,8,12H2,1-2H3. The van der Waals surface area contributed by atoms with Crippen LogP contribution in [0.1, 0.15) is 24.0 Å². The van der Waals surface area contributed by atoms with Crippen molar-refractivity contribution in [1.29, 1.82) is 0 Å². The summed E-state index contributed by atoms with van der Waals surface area (Å²) < 4.78 is 29.7. The molecule has 0 spiro atoms. The molecule has 36 heavy (non-hydrogen) atoms. The molecule has 0 aliphatic heterocycles. The summed E-state index contributed by atoms with van der Waals surface area (Å²) in [5.41, 5.74) is 2.27. The number of benzene rings is 4. The molecule has 0 heterocycles. The van der Waals surface area contributed by atoms with Crippen molar-refractivity contribution in [3.63, 3.8) is 0 Å². The monoisotopic (exact) mass is 508 g/mol. The Labute approximate surface area is 214 Å². The highest BCUT2D eigenvalue weighted by Crippen LogP contribution is 2.54. The van der Waals surface area contributed by atoms with Gasteiger partial charge in [0.15, 0.2) is 14.3 Å². The minimum atomic E-state index is -3.09. The van der Waals surface area contributed by atoms with E-state index in [4.69, 9.17) is 0 Å². The lowest BCUT2D eigenvalue weighted by molar-refractivity contribution is 0.589. The molecular formula is C32H30O2P2. The molecule has 4 aromatic rings. The van der Waals surface area contributed by atoms with Crippen LogP contribution < -0.4 is 26.5 Å². The number of rotatable bonds is 6. The first-order valence-corrected chi connectivity index (χ1v) is 15.7. The smallest absolute Gasteiger partial charge is 0.171 e. The molecule has 0 saturated heterocycles. The topological polar surface area (TPSA) is 34.1 Å². The summed E-state index contributed by atoms with van der Waals surface area (Å²) in [5, 5.41) is 4.92. The molecule has 0 fully saturated rings. The van der Waals surface area contributed by atoms with Gasteiger partial charge in [-0.3, -0.25) is 0 Å². The Morgan fingerprint density at radius 3 is 1.39 bits per heavy atom. The lowest BCUT2D eigenvalue weighted by atomic mass is 10.2. The molecule has 2 atom stereocenters. The zero-order valence-corrected chi connectivity index (χ0v) is 22.5. The van der Waals surface area contributed by atoms with E-state index in [0.29, 0.717) is 0 Å². The van der Waals surface area contributed by atoms with Gasteiger partial charge in [-0.2, -0.15) is 0 Å². The molecule has 0 aromatic heterocycles. The number of aryl methyl sites for hydroxylation is 2. The van der Waals surface area contributed by atoms with Gasteiger partial charge in [-0.05, 0) is 32.0 Å². The van der Waals surface area contributed by atoms with Gasteiger partial charge in [0.2, 0.25) is 0 Å². The molecule has 1 aliphatic rings. The van der Waals surface area contributed by atoms with Crippen molar-refractivity contribution >= 4 is 40.8 Å². The molecular weight excluding hydrogens is 478 g/mol. The maximum Gasteiger partial charge on any atom is 0.171 e. The van der Waals surface area contributed by atoms with E-state index in [2.05, 4.69) is 6.08 Å². The highest BCUT2D eigenvalue weighted by molar-refractivity contribution is 7.85. The van der Waals surface area contributed by atoms with E-state index in [1.165, 1.54) is 0 Å². The third-order valence-corrected chi connectivity index (χ3v) is 13.2. The first-order chi connectivity index (χ1) is 17.4. The molecule has 2 nitrogen and oxygen atoms in total. The molecule has 4 heteroatoms. The van der Waals surface area contributed by atoms with Crippen LogP contribution in [0.3, 0.4) is 0 Å². The van der Waals surface area contributed by atoms with Crippen LogP contribution in [0.2, 0.25) is 0 Å². The molecule has 0 bridgehead atoms. The zero-order chi connectivity index (χ0) is 25.2. The minimum absolute atomic E-state index is 0.745. The van der Waals surface area contributed by atoms with Crippen molar-refractivity contribution in [2.24, 2.45) is 0 Å². The van der Waals surface area contributed by atoms with Crippen LogP contribution in [0.5, 0.6) is 0 Å². The zero-order valence-electron chi connectivity index (χ0n) is 20.7. The Morgan fingerprint density at radius 2 is 0.944 bits per heavy atom. The Bertz CT molecular complexity index is 1510. The fraction of sp³-hybridized carbons (Fsp3) is 0.125. The van der Waals surface area contributed by atoms with Crippen molar-refractivity contribution in [2.75, 3.05) is 0 Å². The van der Waals surface area contributed by atoms with Crippen LogP contribution in [0, 0.1) is 13.8 Å². The molecule has 0 saturated carbocycles. The lowest BCUT2D eigenvalue weighted by Crippen LogP contribution is -2.26. The van der Waals surface area contributed by atoms with Gasteiger partial charge in [-0.1, -0.05) is 132 Å². The van der Waals surface area contributed by atoms with Crippen LogP contribution in [-0.4, -0.2) is 0 Å². The van der Waals surface area contributed by atoms with Crippen LogP contribution in [0.15, 0.2) is 127 Å². The molecule has 0 N–H and O–H groups in total. The van der Waals surface area contributed by atoms with Gasteiger partial charge in [0.1, 0.15) is 0 Å². The molecule has 1 aliphatic carbocycles. The van der Waals surface area contributed by atoms with Crippen molar-refractivity contribution in [1.82, 2.24) is 0 Å². The summed E-state index contributed by atoms with van der Waals surface area (Å²) in [6, 6.07) is 33.3. The summed E-state index contributed by atoms with van der Waals surface area (Å²) in [7, 11) is -6.12. The van der Waals surface area contributed by atoms with E-state index >= 15 is 0 Å². The first-order valence-electron chi connectivity index (χ1n) is 12.3. The van der Waals surface area contributed by atoms with Crippen molar-refractivity contribution in [3.8, 4) is 0 Å². The Hall–Kier alpha value is -3.18. The Kier molecular flexibility index (Phi) is 6.85. The van der Waals surface area contributed by atoms with Crippen molar-refractivity contribution in [2.45, 2.75) is 26.7 Å². The molecule has 4 aromatic carbocycles. The van der Waals surface area contributed by atoms with E-state index < -0.39 is 14.3 Å². The van der Waals surface area contributed by atoms with Gasteiger partial charge in [-0.25, -0.2) is 0 Å². The summed E-state index contributed by atoms with van der Waals surface area (Å²) in [6.45, 7) is 4.07. The normalized spacial score (nSPS) is 16.6. The molecule has 0 amide bonds. The highest BCUT2D eigenvalue weighted by Gasteiger charge is 2.34. The average molecular weight is 509 g/mol.